The summed E-state index contributed by atoms with van der Waals surface area (Å²) in [5.41, 5.74) is 3.28. The monoisotopic (exact) mass is 426 g/mol. The Morgan fingerprint density at radius 2 is 1.84 bits per heavy atom. The Balaban J connectivity index is 1.63. The molecule has 1 aromatic carbocycles. The summed E-state index contributed by atoms with van der Waals surface area (Å²) in [4.78, 5) is 36.1. The molecule has 3 rings (SSSR count). The molecule has 0 saturated carbocycles. The summed E-state index contributed by atoms with van der Waals surface area (Å²) < 4.78 is 13.0. The van der Waals surface area contributed by atoms with Crippen LogP contribution >= 0.6 is 0 Å². The number of aromatic nitrogens is 2. The van der Waals surface area contributed by atoms with E-state index in [0.717, 1.165) is 54.1 Å². The zero-order valence-electron chi connectivity index (χ0n) is 18.6. The number of piperidine rings is 1. The van der Waals surface area contributed by atoms with Gasteiger partial charge < -0.3 is 10.2 Å². The molecule has 2 heterocycles. The Labute approximate surface area is 183 Å². The first kappa shape index (κ1) is 22.8. The lowest BCUT2D eigenvalue weighted by Crippen LogP contribution is -2.39. The lowest BCUT2D eigenvalue weighted by atomic mass is 9.96. The van der Waals surface area contributed by atoms with Gasteiger partial charge in [0.25, 0.3) is 0 Å². The van der Waals surface area contributed by atoms with Gasteiger partial charge >= 0.3 is 0 Å². The molecule has 1 aliphatic rings. The van der Waals surface area contributed by atoms with E-state index in [-0.39, 0.29) is 30.0 Å². The zero-order valence-corrected chi connectivity index (χ0v) is 18.6. The lowest BCUT2D eigenvalue weighted by molar-refractivity contribution is -0.132. The van der Waals surface area contributed by atoms with Crippen LogP contribution < -0.4 is 5.32 Å². The quantitative estimate of drug-likeness (QED) is 0.734. The average Bonchev–Trinajstić information content (AvgIpc) is 2.76. The highest BCUT2D eigenvalue weighted by atomic mass is 19.1. The number of amides is 2. The molecule has 0 radical (unpaired) electrons. The molecule has 2 amide bonds. The maximum absolute atomic E-state index is 13.0. The summed E-state index contributed by atoms with van der Waals surface area (Å²) in [6.07, 6.45) is 3.55. The van der Waals surface area contributed by atoms with E-state index in [2.05, 4.69) is 5.32 Å². The van der Waals surface area contributed by atoms with E-state index in [0.29, 0.717) is 19.5 Å². The Hall–Kier alpha value is -2.83. The van der Waals surface area contributed by atoms with E-state index in [4.69, 9.17) is 9.97 Å². The van der Waals surface area contributed by atoms with Crippen LogP contribution in [0.3, 0.4) is 0 Å². The van der Waals surface area contributed by atoms with Crippen LogP contribution in [0, 0.1) is 19.7 Å². The van der Waals surface area contributed by atoms with Crippen molar-refractivity contribution in [3.8, 4) is 0 Å². The molecule has 0 unspecified atom stereocenters. The number of halogens is 1. The molecular formula is C24H31FN4O2. The molecule has 0 aliphatic carbocycles. The van der Waals surface area contributed by atoms with E-state index < -0.39 is 0 Å². The fraction of sp³-hybridized carbons (Fsp3) is 0.500. The summed E-state index contributed by atoms with van der Waals surface area (Å²) in [6, 6.07) is 6.07. The van der Waals surface area contributed by atoms with E-state index in [1.54, 1.807) is 12.1 Å². The largest absolute Gasteiger partial charge is 0.352 e. The summed E-state index contributed by atoms with van der Waals surface area (Å²) in [5.74, 6) is 0.679. The molecule has 166 valence electrons. The summed E-state index contributed by atoms with van der Waals surface area (Å²) in [7, 11) is 0. The number of benzene rings is 1. The molecule has 2 aromatic rings. The molecule has 0 bridgehead atoms. The second kappa shape index (κ2) is 10.5. The smallest absolute Gasteiger partial charge is 0.224 e. The first-order valence-electron chi connectivity index (χ1n) is 11.0. The maximum Gasteiger partial charge on any atom is 0.224 e. The van der Waals surface area contributed by atoms with Crippen molar-refractivity contribution in [1.29, 1.82) is 0 Å². The molecule has 0 spiro atoms. The molecule has 1 atom stereocenters. The molecule has 1 N–H and O–H groups in total. The lowest BCUT2D eigenvalue weighted by Gasteiger charge is -2.32. The molecule has 1 saturated heterocycles. The number of rotatable bonds is 7. The van der Waals surface area contributed by atoms with Gasteiger partial charge in [-0.2, -0.15) is 0 Å². The minimum Gasteiger partial charge on any atom is -0.352 e. The Morgan fingerprint density at radius 1 is 1.16 bits per heavy atom. The molecule has 6 nitrogen and oxygen atoms in total. The summed E-state index contributed by atoms with van der Waals surface area (Å²) in [6.45, 7) is 7.64. The van der Waals surface area contributed by atoms with E-state index >= 15 is 0 Å². The van der Waals surface area contributed by atoms with Crippen LogP contribution in [0.5, 0.6) is 0 Å². The van der Waals surface area contributed by atoms with Gasteiger partial charge in [0.05, 0.1) is 6.42 Å². The standard InChI is InChI=1S/C24H31FN4O2/c1-4-6-23(31)29-12-5-7-19(15-29)24-27-16(2)21(17(3)28-24)13-22(30)26-14-18-8-10-20(25)11-9-18/h8-11,19H,4-7,12-15H2,1-3H3,(H,26,30)/t19-/m0/s1. The number of hydrogen-bond donors (Lipinski definition) is 1. The Kier molecular flexibility index (Phi) is 7.71. The fourth-order valence-electron chi connectivity index (χ4n) is 4.02. The summed E-state index contributed by atoms with van der Waals surface area (Å²) in [5, 5.41) is 2.87. The van der Waals surface area contributed by atoms with Gasteiger partial charge in [0.2, 0.25) is 11.8 Å². The predicted octanol–water partition coefficient (Wildman–Crippen LogP) is 3.60. The number of nitrogens with zero attached hydrogens (tertiary/aromatic N) is 3. The van der Waals surface area contributed by atoms with Gasteiger partial charge in [0.1, 0.15) is 11.6 Å². The van der Waals surface area contributed by atoms with Crippen LogP contribution in [-0.2, 0) is 22.6 Å². The van der Waals surface area contributed by atoms with Crippen molar-refractivity contribution in [2.24, 2.45) is 0 Å². The van der Waals surface area contributed by atoms with Crippen LogP contribution in [0.1, 0.15) is 66.9 Å². The number of likely N-dealkylation sites (tertiary alicyclic amines) is 1. The van der Waals surface area contributed by atoms with E-state index in [1.165, 1.54) is 12.1 Å². The van der Waals surface area contributed by atoms with Gasteiger partial charge in [0, 0.05) is 48.9 Å². The van der Waals surface area contributed by atoms with E-state index in [1.807, 2.05) is 25.7 Å². The number of hydrogen-bond acceptors (Lipinski definition) is 4. The van der Waals surface area contributed by atoms with Gasteiger partial charge in [-0.25, -0.2) is 14.4 Å². The topological polar surface area (TPSA) is 75.2 Å². The maximum atomic E-state index is 13.0. The van der Waals surface area contributed by atoms with Gasteiger partial charge in [-0.15, -0.1) is 0 Å². The molecular weight excluding hydrogens is 395 g/mol. The van der Waals surface area contributed by atoms with Gasteiger partial charge in [0.15, 0.2) is 0 Å². The summed E-state index contributed by atoms with van der Waals surface area (Å²) >= 11 is 0. The number of carbonyl (C=O) groups is 2. The predicted molar refractivity (Wildman–Crippen MR) is 117 cm³/mol. The Morgan fingerprint density at radius 3 is 2.48 bits per heavy atom. The highest BCUT2D eigenvalue weighted by molar-refractivity contribution is 5.79. The van der Waals surface area contributed by atoms with Gasteiger partial charge in [-0.05, 0) is 50.8 Å². The molecule has 1 aromatic heterocycles. The van der Waals surface area contributed by atoms with Crippen molar-refractivity contribution < 1.29 is 14.0 Å². The first-order chi connectivity index (χ1) is 14.9. The Bertz CT molecular complexity index is 907. The van der Waals surface area contributed by atoms with Crippen LogP contribution in [0.2, 0.25) is 0 Å². The van der Waals surface area contributed by atoms with Crippen molar-refractivity contribution >= 4 is 11.8 Å². The number of aryl methyl sites for hydroxylation is 2. The van der Waals surface area contributed by atoms with Crippen molar-refractivity contribution in [1.82, 2.24) is 20.2 Å². The van der Waals surface area contributed by atoms with Crippen LogP contribution in [-0.4, -0.2) is 39.8 Å². The highest BCUT2D eigenvalue weighted by Gasteiger charge is 2.27. The third-order valence-corrected chi connectivity index (χ3v) is 5.78. The third-order valence-electron chi connectivity index (χ3n) is 5.78. The number of nitrogens with one attached hydrogen (secondary N) is 1. The molecule has 1 aliphatic heterocycles. The van der Waals surface area contributed by atoms with Crippen molar-refractivity contribution in [3.05, 3.63) is 58.4 Å². The second-order valence-electron chi connectivity index (χ2n) is 8.24. The minimum atomic E-state index is -0.297. The highest BCUT2D eigenvalue weighted by Crippen LogP contribution is 2.26. The third kappa shape index (κ3) is 6.09. The fourth-order valence-corrected chi connectivity index (χ4v) is 4.02. The number of carbonyl (C=O) groups excluding carboxylic acids is 2. The van der Waals surface area contributed by atoms with Crippen molar-refractivity contribution in [2.75, 3.05) is 13.1 Å². The van der Waals surface area contributed by atoms with Crippen LogP contribution in [0.25, 0.3) is 0 Å². The molecule has 7 heteroatoms. The van der Waals surface area contributed by atoms with E-state index in [9.17, 15) is 14.0 Å². The van der Waals surface area contributed by atoms with Gasteiger partial charge in [-0.1, -0.05) is 19.1 Å². The normalized spacial score (nSPS) is 16.3. The second-order valence-corrected chi connectivity index (χ2v) is 8.24. The molecule has 31 heavy (non-hydrogen) atoms. The minimum absolute atomic E-state index is 0.124. The van der Waals surface area contributed by atoms with Crippen LogP contribution in [0.15, 0.2) is 24.3 Å². The van der Waals surface area contributed by atoms with Gasteiger partial charge in [-0.3, -0.25) is 9.59 Å². The van der Waals surface area contributed by atoms with Crippen molar-refractivity contribution in [3.63, 3.8) is 0 Å². The van der Waals surface area contributed by atoms with Crippen molar-refractivity contribution in [2.45, 2.75) is 65.3 Å². The zero-order chi connectivity index (χ0) is 22.4. The SMILES string of the molecule is CCCC(=O)N1CCC[C@H](c2nc(C)c(CC(=O)NCc3ccc(F)cc3)c(C)n2)C1. The first-order valence-corrected chi connectivity index (χ1v) is 11.0. The molecule has 1 fully saturated rings. The van der Waals surface area contributed by atoms with Crippen LogP contribution in [0.4, 0.5) is 4.39 Å². The average molecular weight is 427 g/mol.